The predicted octanol–water partition coefficient (Wildman–Crippen LogP) is 5.12. The van der Waals surface area contributed by atoms with E-state index in [1.165, 1.54) is 17.8 Å². The van der Waals surface area contributed by atoms with Crippen LogP contribution in [0.5, 0.6) is 0 Å². The van der Waals surface area contributed by atoms with Gasteiger partial charge in [0, 0.05) is 20.8 Å². The van der Waals surface area contributed by atoms with Gasteiger partial charge in [-0.3, -0.25) is 0 Å². The number of nitrogen functional groups attached to an aromatic ring is 1. The molecule has 18 heavy (non-hydrogen) atoms. The first-order chi connectivity index (χ1) is 8.56. The smallest absolute Gasteiger partial charge is 0.127 e. The zero-order valence-corrected chi connectivity index (χ0v) is 12.4. The molecule has 0 aliphatic rings. The summed E-state index contributed by atoms with van der Waals surface area (Å²) in [6.45, 7) is 0. The van der Waals surface area contributed by atoms with Crippen molar-refractivity contribution in [3.63, 3.8) is 0 Å². The van der Waals surface area contributed by atoms with Crippen molar-refractivity contribution in [1.82, 2.24) is 0 Å². The fourth-order valence-electron chi connectivity index (χ4n) is 1.44. The van der Waals surface area contributed by atoms with Gasteiger partial charge in [-0.05, 0) is 42.0 Å². The summed E-state index contributed by atoms with van der Waals surface area (Å²) in [5, 5.41) is 0.629. The molecule has 2 aromatic carbocycles. The highest BCUT2D eigenvalue weighted by atomic mass is 79.9. The molecule has 2 rings (SSSR count). The molecule has 94 valence electrons. The van der Waals surface area contributed by atoms with Gasteiger partial charge in [0.1, 0.15) is 5.82 Å². The van der Waals surface area contributed by atoms with Crippen LogP contribution in [-0.2, 0) is 5.75 Å². The Labute approximate surface area is 123 Å². The quantitative estimate of drug-likeness (QED) is 0.617. The van der Waals surface area contributed by atoms with E-state index in [1.54, 1.807) is 30.3 Å². The molecule has 2 N–H and O–H groups in total. The summed E-state index contributed by atoms with van der Waals surface area (Å²) in [5.41, 5.74) is 6.98. The SMILES string of the molecule is Nc1ccc(Cl)c(SCc2cc(Br)ccc2F)c1. The van der Waals surface area contributed by atoms with Crippen LogP contribution in [0.25, 0.3) is 0 Å². The lowest BCUT2D eigenvalue weighted by Gasteiger charge is -2.06. The summed E-state index contributed by atoms with van der Waals surface area (Å²) < 4.78 is 14.4. The van der Waals surface area contributed by atoms with E-state index in [9.17, 15) is 4.39 Å². The minimum atomic E-state index is -0.217. The molecule has 0 amide bonds. The Kier molecular flexibility index (Phi) is 4.54. The van der Waals surface area contributed by atoms with Gasteiger partial charge in [0.05, 0.1) is 5.02 Å². The van der Waals surface area contributed by atoms with Crippen LogP contribution in [0.4, 0.5) is 10.1 Å². The maximum atomic E-state index is 13.6. The average Bonchev–Trinajstić information content (AvgIpc) is 2.34. The maximum Gasteiger partial charge on any atom is 0.127 e. The zero-order valence-electron chi connectivity index (χ0n) is 9.29. The molecule has 0 heterocycles. The second kappa shape index (κ2) is 5.95. The topological polar surface area (TPSA) is 26.0 Å². The lowest BCUT2D eigenvalue weighted by atomic mass is 10.2. The molecular weight excluding hydrogens is 337 g/mol. The zero-order chi connectivity index (χ0) is 13.1. The average molecular weight is 347 g/mol. The third-order valence-electron chi connectivity index (χ3n) is 2.35. The van der Waals surface area contributed by atoms with Crippen molar-refractivity contribution in [1.29, 1.82) is 0 Å². The molecule has 0 atom stereocenters. The fraction of sp³-hybridized carbons (Fsp3) is 0.0769. The van der Waals surface area contributed by atoms with Crippen molar-refractivity contribution < 1.29 is 4.39 Å². The van der Waals surface area contributed by atoms with Gasteiger partial charge < -0.3 is 5.73 Å². The van der Waals surface area contributed by atoms with Gasteiger partial charge in [-0.1, -0.05) is 27.5 Å². The van der Waals surface area contributed by atoms with E-state index in [0.717, 1.165) is 9.37 Å². The lowest BCUT2D eigenvalue weighted by molar-refractivity contribution is 0.617. The van der Waals surface area contributed by atoms with Crippen molar-refractivity contribution in [3.05, 3.63) is 57.3 Å². The molecule has 0 saturated carbocycles. The van der Waals surface area contributed by atoms with Gasteiger partial charge >= 0.3 is 0 Å². The molecule has 0 unspecified atom stereocenters. The van der Waals surface area contributed by atoms with Gasteiger partial charge in [0.15, 0.2) is 0 Å². The molecule has 2 aromatic rings. The van der Waals surface area contributed by atoms with Gasteiger partial charge in [-0.2, -0.15) is 0 Å². The summed E-state index contributed by atoms with van der Waals surface area (Å²) in [6.07, 6.45) is 0. The fourth-order valence-corrected chi connectivity index (χ4v) is 3.09. The van der Waals surface area contributed by atoms with Crippen molar-refractivity contribution in [2.24, 2.45) is 0 Å². The Morgan fingerprint density at radius 2 is 2.00 bits per heavy atom. The summed E-state index contributed by atoms with van der Waals surface area (Å²) in [6, 6.07) is 10.2. The first kappa shape index (κ1) is 13.7. The van der Waals surface area contributed by atoms with Crippen LogP contribution in [-0.4, -0.2) is 0 Å². The highest BCUT2D eigenvalue weighted by Crippen LogP contribution is 2.32. The first-order valence-electron chi connectivity index (χ1n) is 5.18. The molecule has 0 aliphatic heterocycles. The molecular formula is C13H10BrClFNS. The largest absolute Gasteiger partial charge is 0.399 e. The van der Waals surface area contributed by atoms with Crippen LogP contribution >= 0.6 is 39.3 Å². The number of benzene rings is 2. The molecule has 1 nitrogen and oxygen atoms in total. The van der Waals surface area contributed by atoms with Gasteiger partial charge in [-0.25, -0.2) is 4.39 Å². The Balaban J connectivity index is 2.16. The van der Waals surface area contributed by atoms with Crippen LogP contribution < -0.4 is 5.73 Å². The Morgan fingerprint density at radius 1 is 1.22 bits per heavy atom. The van der Waals surface area contributed by atoms with E-state index >= 15 is 0 Å². The predicted molar refractivity (Wildman–Crippen MR) is 79.5 cm³/mol. The van der Waals surface area contributed by atoms with Crippen molar-refractivity contribution in [3.8, 4) is 0 Å². The lowest BCUT2D eigenvalue weighted by Crippen LogP contribution is -1.89. The normalized spacial score (nSPS) is 10.6. The van der Waals surface area contributed by atoms with Gasteiger partial charge in [-0.15, -0.1) is 11.8 Å². The molecule has 5 heteroatoms. The molecule has 0 radical (unpaired) electrons. The van der Waals surface area contributed by atoms with E-state index in [1.807, 2.05) is 0 Å². The standard InChI is InChI=1S/C13H10BrClFNS/c14-9-1-4-12(16)8(5-9)7-18-13-6-10(17)2-3-11(13)15/h1-6H,7,17H2. The van der Waals surface area contributed by atoms with Crippen LogP contribution in [0.15, 0.2) is 45.8 Å². The van der Waals surface area contributed by atoms with Crippen molar-refractivity contribution in [2.45, 2.75) is 10.6 Å². The summed E-state index contributed by atoms with van der Waals surface area (Å²) >= 11 is 10.8. The third-order valence-corrected chi connectivity index (χ3v) is 4.39. The molecule has 0 bridgehead atoms. The first-order valence-corrected chi connectivity index (χ1v) is 7.33. The monoisotopic (exact) mass is 345 g/mol. The minimum Gasteiger partial charge on any atom is -0.399 e. The Morgan fingerprint density at radius 3 is 2.78 bits per heavy atom. The number of thioether (sulfide) groups is 1. The Bertz CT molecular complexity index is 525. The van der Waals surface area contributed by atoms with Crippen molar-refractivity contribution >= 4 is 45.0 Å². The van der Waals surface area contributed by atoms with Crippen LogP contribution in [0.3, 0.4) is 0 Å². The van der Waals surface area contributed by atoms with E-state index < -0.39 is 0 Å². The maximum absolute atomic E-state index is 13.6. The van der Waals surface area contributed by atoms with E-state index in [-0.39, 0.29) is 5.82 Å². The molecule has 0 saturated heterocycles. The number of nitrogens with two attached hydrogens (primary N) is 1. The van der Waals surface area contributed by atoms with Gasteiger partial charge in [0.2, 0.25) is 0 Å². The van der Waals surface area contributed by atoms with E-state index in [2.05, 4.69) is 15.9 Å². The van der Waals surface area contributed by atoms with Crippen LogP contribution in [0, 0.1) is 5.82 Å². The number of rotatable bonds is 3. The third kappa shape index (κ3) is 3.40. The Hall–Kier alpha value is -0.710. The van der Waals surface area contributed by atoms with Crippen LogP contribution in [0.2, 0.25) is 5.02 Å². The second-order valence-electron chi connectivity index (χ2n) is 3.71. The number of hydrogen-bond acceptors (Lipinski definition) is 2. The van der Waals surface area contributed by atoms with Crippen molar-refractivity contribution in [2.75, 3.05) is 5.73 Å². The number of halogens is 3. The highest BCUT2D eigenvalue weighted by Gasteiger charge is 2.06. The molecule has 0 fully saturated rings. The second-order valence-corrected chi connectivity index (χ2v) is 6.05. The molecule has 0 aliphatic carbocycles. The number of hydrogen-bond donors (Lipinski definition) is 1. The minimum absolute atomic E-state index is 0.217. The summed E-state index contributed by atoms with van der Waals surface area (Å²) in [5.74, 6) is 0.291. The summed E-state index contributed by atoms with van der Waals surface area (Å²) in [7, 11) is 0. The van der Waals surface area contributed by atoms with E-state index in [4.69, 9.17) is 17.3 Å². The molecule has 0 spiro atoms. The highest BCUT2D eigenvalue weighted by molar-refractivity contribution is 9.10. The van der Waals surface area contributed by atoms with Gasteiger partial charge in [0.25, 0.3) is 0 Å². The molecule has 0 aromatic heterocycles. The number of anilines is 1. The van der Waals surface area contributed by atoms with Crippen LogP contribution in [0.1, 0.15) is 5.56 Å². The summed E-state index contributed by atoms with van der Waals surface area (Å²) in [4.78, 5) is 0.857. The van der Waals surface area contributed by atoms with E-state index in [0.29, 0.717) is 22.0 Å².